The van der Waals surface area contributed by atoms with Gasteiger partial charge < -0.3 is 19.9 Å². The number of carbonyl (C=O) groups is 2. The van der Waals surface area contributed by atoms with Crippen LogP contribution in [-0.4, -0.2) is 41.3 Å². The summed E-state index contributed by atoms with van der Waals surface area (Å²) in [5, 5.41) is 11.5. The third-order valence-electron chi connectivity index (χ3n) is 3.06. The highest BCUT2D eigenvalue weighted by Gasteiger charge is 2.34. The number of carbonyl (C=O) groups excluding carboxylic acids is 1. The summed E-state index contributed by atoms with van der Waals surface area (Å²) in [4.78, 5) is 26.6. The highest BCUT2D eigenvalue weighted by molar-refractivity contribution is 5.82. The second kappa shape index (κ2) is 6.33. The fourth-order valence-corrected chi connectivity index (χ4v) is 1.99. The molecule has 0 aromatic carbocycles. The van der Waals surface area contributed by atoms with E-state index in [1.807, 2.05) is 0 Å². The van der Waals surface area contributed by atoms with E-state index >= 15 is 0 Å². The van der Waals surface area contributed by atoms with Gasteiger partial charge in [-0.15, -0.1) is 0 Å². The summed E-state index contributed by atoms with van der Waals surface area (Å²) in [6.45, 7) is 0.315. The number of carboxylic acid groups (broad SMARTS) is 1. The average Bonchev–Trinajstić information content (AvgIpc) is 2.95. The minimum absolute atomic E-state index is 0.301. The highest BCUT2D eigenvalue weighted by Crippen LogP contribution is 2.20. The van der Waals surface area contributed by atoms with Gasteiger partial charge in [-0.25, -0.2) is 9.78 Å². The first-order chi connectivity index (χ1) is 9.60. The van der Waals surface area contributed by atoms with Crippen LogP contribution in [0, 0.1) is 0 Å². The molecule has 1 aliphatic heterocycles. The Bertz CT molecular complexity index is 505. The van der Waals surface area contributed by atoms with Crippen LogP contribution < -0.4 is 10.1 Å². The van der Waals surface area contributed by atoms with E-state index in [2.05, 4.69) is 10.3 Å². The molecule has 7 heteroatoms. The van der Waals surface area contributed by atoms with E-state index in [0.29, 0.717) is 25.3 Å². The molecule has 1 aromatic heterocycles. The first-order valence-corrected chi connectivity index (χ1v) is 6.25. The Balaban J connectivity index is 1.85. The first kappa shape index (κ1) is 14.3. The van der Waals surface area contributed by atoms with Gasteiger partial charge in [-0.05, 0) is 24.5 Å². The van der Waals surface area contributed by atoms with Crippen LogP contribution in [0.5, 0.6) is 5.88 Å². The van der Waals surface area contributed by atoms with Gasteiger partial charge in [-0.3, -0.25) is 4.79 Å². The quantitative estimate of drug-likeness (QED) is 0.807. The van der Waals surface area contributed by atoms with E-state index in [0.717, 1.165) is 5.56 Å². The maximum absolute atomic E-state index is 11.9. The number of amides is 1. The molecule has 2 atom stereocenters. The molecule has 1 aromatic rings. The lowest BCUT2D eigenvalue weighted by Gasteiger charge is -2.12. The monoisotopic (exact) mass is 280 g/mol. The number of aromatic nitrogens is 1. The van der Waals surface area contributed by atoms with Gasteiger partial charge in [0.05, 0.1) is 7.11 Å². The minimum Gasteiger partial charge on any atom is -0.481 e. The summed E-state index contributed by atoms with van der Waals surface area (Å²) in [5.41, 5.74) is 0.845. The van der Waals surface area contributed by atoms with Crippen LogP contribution in [0.2, 0.25) is 0 Å². The zero-order valence-electron chi connectivity index (χ0n) is 11.0. The van der Waals surface area contributed by atoms with Crippen LogP contribution in [0.3, 0.4) is 0 Å². The number of hydrogen-bond acceptors (Lipinski definition) is 5. The second-order valence-electron chi connectivity index (χ2n) is 4.45. The van der Waals surface area contributed by atoms with E-state index in [9.17, 15) is 9.59 Å². The fraction of sp³-hybridized carbons (Fsp3) is 0.462. The lowest BCUT2D eigenvalue weighted by molar-refractivity contribution is -0.151. The zero-order chi connectivity index (χ0) is 14.5. The van der Waals surface area contributed by atoms with Crippen molar-refractivity contribution in [3.8, 4) is 5.88 Å². The van der Waals surface area contributed by atoms with Gasteiger partial charge in [0.15, 0.2) is 6.10 Å². The lowest BCUT2D eigenvalue weighted by Crippen LogP contribution is -2.35. The van der Waals surface area contributed by atoms with Crippen molar-refractivity contribution in [3.63, 3.8) is 0 Å². The molecule has 0 radical (unpaired) electrons. The van der Waals surface area contributed by atoms with E-state index in [1.165, 1.54) is 7.11 Å². The Morgan fingerprint density at radius 2 is 2.25 bits per heavy atom. The third kappa shape index (κ3) is 3.45. The maximum atomic E-state index is 11.9. The summed E-state index contributed by atoms with van der Waals surface area (Å²) in [5.74, 6) is -0.858. The van der Waals surface area contributed by atoms with Gasteiger partial charge in [-0.2, -0.15) is 0 Å². The van der Waals surface area contributed by atoms with Gasteiger partial charge in [0, 0.05) is 18.8 Å². The van der Waals surface area contributed by atoms with Crippen LogP contribution in [-0.2, 0) is 20.9 Å². The first-order valence-electron chi connectivity index (χ1n) is 6.25. The molecule has 20 heavy (non-hydrogen) atoms. The molecule has 7 nitrogen and oxygen atoms in total. The molecule has 0 spiro atoms. The van der Waals surface area contributed by atoms with Crippen molar-refractivity contribution < 1.29 is 24.2 Å². The van der Waals surface area contributed by atoms with Gasteiger partial charge in [0.2, 0.25) is 11.8 Å². The number of rotatable bonds is 5. The van der Waals surface area contributed by atoms with Gasteiger partial charge in [0.25, 0.3) is 0 Å². The SMILES string of the molecule is COc1cc(CNC(=O)C2CCC(C(=O)O)O2)ccn1. The molecule has 0 saturated carbocycles. The van der Waals surface area contributed by atoms with Crippen LogP contribution in [0.15, 0.2) is 18.3 Å². The number of nitrogens with zero attached hydrogens (tertiary/aromatic N) is 1. The number of pyridine rings is 1. The largest absolute Gasteiger partial charge is 0.481 e. The molecule has 0 bridgehead atoms. The molecule has 2 rings (SSSR count). The zero-order valence-corrected chi connectivity index (χ0v) is 11.0. The molecule has 0 aliphatic carbocycles. The van der Waals surface area contributed by atoms with Crippen LogP contribution >= 0.6 is 0 Å². The average molecular weight is 280 g/mol. The van der Waals surface area contributed by atoms with E-state index in [-0.39, 0.29) is 5.91 Å². The van der Waals surface area contributed by atoms with Gasteiger partial charge in [-0.1, -0.05) is 0 Å². The normalized spacial score (nSPS) is 21.4. The lowest BCUT2D eigenvalue weighted by atomic mass is 10.2. The Hall–Kier alpha value is -2.15. The number of aliphatic carboxylic acids is 1. The predicted molar refractivity (Wildman–Crippen MR) is 68.2 cm³/mol. The standard InChI is InChI=1S/C13H16N2O5/c1-19-11-6-8(4-5-14-11)7-15-12(16)9-2-3-10(20-9)13(17)18/h4-6,9-10H,2-3,7H2,1H3,(H,15,16)(H,17,18). The van der Waals surface area contributed by atoms with Crippen LogP contribution in [0.1, 0.15) is 18.4 Å². The Morgan fingerprint density at radius 3 is 2.90 bits per heavy atom. The second-order valence-corrected chi connectivity index (χ2v) is 4.45. The Labute approximate surface area is 115 Å². The van der Waals surface area contributed by atoms with Crippen LogP contribution in [0.4, 0.5) is 0 Å². The molecule has 1 amide bonds. The number of hydrogen-bond donors (Lipinski definition) is 2. The molecule has 2 N–H and O–H groups in total. The summed E-state index contributed by atoms with van der Waals surface area (Å²) in [7, 11) is 1.52. The molecular weight excluding hydrogens is 264 g/mol. The summed E-state index contributed by atoms with van der Waals surface area (Å²) in [6, 6.07) is 3.48. The highest BCUT2D eigenvalue weighted by atomic mass is 16.5. The number of nitrogens with one attached hydrogen (secondary N) is 1. The van der Waals surface area contributed by atoms with Crippen LogP contribution in [0.25, 0.3) is 0 Å². The van der Waals surface area contributed by atoms with Crippen molar-refractivity contribution in [2.75, 3.05) is 7.11 Å². The number of ether oxygens (including phenoxy) is 2. The summed E-state index contributed by atoms with van der Waals surface area (Å²) >= 11 is 0. The molecule has 1 aliphatic rings. The smallest absolute Gasteiger partial charge is 0.332 e. The van der Waals surface area contributed by atoms with E-state index < -0.39 is 18.2 Å². The van der Waals surface area contributed by atoms with Gasteiger partial charge >= 0.3 is 5.97 Å². The molecule has 1 saturated heterocycles. The van der Waals surface area contributed by atoms with Crippen molar-refractivity contribution in [2.24, 2.45) is 0 Å². The summed E-state index contributed by atoms with van der Waals surface area (Å²) in [6.07, 6.45) is 0.790. The van der Waals surface area contributed by atoms with E-state index in [4.69, 9.17) is 14.6 Å². The predicted octanol–water partition coefficient (Wildman–Crippen LogP) is 0.339. The molecule has 2 unspecified atom stereocenters. The van der Waals surface area contributed by atoms with Crippen molar-refractivity contribution in [1.29, 1.82) is 0 Å². The molecule has 2 heterocycles. The molecule has 1 fully saturated rings. The number of methoxy groups -OCH3 is 1. The Kier molecular flexibility index (Phi) is 4.52. The molecule has 108 valence electrons. The van der Waals surface area contributed by atoms with Crippen molar-refractivity contribution >= 4 is 11.9 Å². The number of carboxylic acids is 1. The summed E-state index contributed by atoms with van der Waals surface area (Å²) < 4.78 is 10.2. The maximum Gasteiger partial charge on any atom is 0.332 e. The molecular formula is C13H16N2O5. The Morgan fingerprint density at radius 1 is 1.50 bits per heavy atom. The van der Waals surface area contributed by atoms with Crippen molar-refractivity contribution in [1.82, 2.24) is 10.3 Å². The van der Waals surface area contributed by atoms with E-state index in [1.54, 1.807) is 18.3 Å². The van der Waals surface area contributed by atoms with Crippen molar-refractivity contribution in [2.45, 2.75) is 31.6 Å². The van der Waals surface area contributed by atoms with Gasteiger partial charge in [0.1, 0.15) is 6.10 Å². The topological polar surface area (TPSA) is 97.8 Å². The minimum atomic E-state index is -1.03. The third-order valence-corrected chi connectivity index (χ3v) is 3.06. The van der Waals surface area contributed by atoms with Crippen molar-refractivity contribution in [3.05, 3.63) is 23.9 Å². The fourth-order valence-electron chi connectivity index (χ4n) is 1.99.